The summed E-state index contributed by atoms with van der Waals surface area (Å²) in [6.45, 7) is 7.14. The second kappa shape index (κ2) is 6.28. The summed E-state index contributed by atoms with van der Waals surface area (Å²) in [5, 5.41) is 0. The summed E-state index contributed by atoms with van der Waals surface area (Å²) in [6, 6.07) is 6.45. The van der Waals surface area contributed by atoms with Gasteiger partial charge in [-0.2, -0.15) is 0 Å². The highest BCUT2D eigenvalue weighted by atomic mass is 15.2. The van der Waals surface area contributed by atoms with Crippen LogP contribution >= 0.6 is 0 Å². The number of hydrogen-bond acceptors (Lipinski definition) is 2. The van der Waals surface area contributed by atoms with E-state index in [1.165, 1.54) is 16.7 Å². The summed E-state index contributed by atoms with van der Waals surface area (Å²) >= 11 is 0. The number of aliphatic imine (C=N–C) groups is 1. The summed E-state index contributed by atoms with van der Waals surface area (Å²) in [6.07, 6.45) is 1.82. The van der Waals surface area contributed by atoms with Crippen LogP contribution in [0.4, 0.5) is 0 Å². The Labute approximate surface area is 97.7 Å². The fourth-order valence-corrected chi connectivity index (χ4v) is 1.57. The smallest absolute Gasteiger partial charge is 0.115 e. The molecule has 0 heterocycles. The predicted molar refractivity (Wildman–Crippen MR) is 69.5 cm³/mol. The van der Waals surface area contributed by atoms with Crippen LogP contribution in [-0.2, 0) is 6.42 Å². The zero-order valence-corrected chi connectivity index (χ0v) is 10.4. The topological polar surface area (TPSA) is 50.4 Å². The molecule has 0 aliphatic carbocycles. The second-order valence-corrected chi connectivity index (χ2v) is 4.08. The molecule has 1 aromatic carbocycles. The zero-order chi connectivity index (χ0) is 12.0. The van der Waals surface area contributed by atoms with Gasteiger partial charge in [0.25, 0.3) is 0 Å². The summed E-state index contributed by atoms with van der Waals surface area (Å²) in [5.41, 5.74) is 6.52. The fourth-order valence-electron chi connectivity index (χ4n) is 1.57. The highest BCUT2D eigenvalue weighted by molar-refractivity contribution is 5.84. The quantitative estimate of drug-likeness (QED) is 0.353. The van der Waals surface area contributed by atoms with Gasteiger partial charge in [0.1, 0.15) is 5.84 Å². The van der Waals surface area contributed by atoms with E-state index >= 15 is 0 Å². The first-order valence-electron chi connectivity index (χ1n) is 5.73. The van der Waals surface area contributed by atoms with E-state index < -0.39 is 0 Å². The number of hydrazine groups is 1. The van der Waals surface area contributed by atoms with E-state index in [4.69, 9.17) is 5.84 Å². The molecule has 88 valence electrons. The minimum atomic E-state index is 0.782. The Hall–Kier alpha value is -1.35. The molecule has 0 spiro atoms. The normalized spacial score (nSPS) is 11.6. The lowest BCUT2D eigenvalue weighted by molar-refractivity contribution is 0.892. The molecule has 1 aromatic rings. The average Bonchev–Trinajstić information content (AvgIpc) is 2.28. The van der Waals surface area contributed by atoms with Crippen molar-refractivity contribution >= 4 is 5.84 Å². The first kappa shape index (κ1) is 12.7. The third-order valence-electron chi connectivity index (χ3n) is 2.56. The van der Waals surface area contributed by atoms with Crippen molar-refractivity contribution < 1.29 is 0 Å². The third kappa shape index (κ3) is 3.66. The van der Waals surface area contributed by atoms with E-state index in [-0.39, 0.29) is 0 Å². The number of amidine groups is 1. The number of nitrogens with one attached hydrogen (secondary N) is 1. The zero-order valence-electron chi connectivity index (χ0n) is 10.4. The number of benzene rings is 1. The van der Waals surface area contributed by atoms with Crippen molar-refractivity contribution in [3.63, 3.8) is 0 Å². The van der Waals surface area contributed by atoms with Crippen LogP contribution in [0, 0.1) is 13.8 Å². The fraction of sp³-hybridized carbons (Fsp3) is 0.462. The highest BCUT2D eigenvalue weighted by Crippen LogP contribution is 2.11. The molecule has 0 aliphatic rings. The molecule has 0 radical (unpaired) electrons. The Morgan fingerprint density at radius 2 is 2.12 bits per heavy atom. The molecule has 0 atom stereocenters. The first-order valence-corrected chi connectivity index (χ1v) is 5.73. The molecule has 3 heteroatoms. The number of nitrogens with zero attached hydrogens (tertiary/aromatic N) is 1. The van der Waals surface area contributed by atoms with Crippen LogP contribution in [-0.4, -0.2) is 12.4 Å². The van der Waals surface area contributed by atoms with E-state index in [0.29, 0.717) is 0 Å². The molecule has 3 nitrogen and oxygen atoms in total. The van der Waals surface area contributed by atoms with Crippen molar-refractivity contribution in [3.8, 4) is 0 Å². The Balaban J connectivity index is 2.81. The van der Waals surface area contributed by atoms with E-state index in [9.17, 15) is 0 Å². The van der Waals surface area contributed by atoms with Crippen molar-refractivity contribution in [3.05, 3.63) is 34.9 Å². The van der Waals surface area contributed by atoms with Crippen molar-refractivity contribution in [1.82, 2.24) is 5.43 Å². The van der Waals surface area contributed by atoms with E-state index in [1.807, 2.05) is 0 Å². The van der Waals surface area contributed by atoms with Crippen LogP contribution in [0.3, 0.4) is 0 Å². The van der Waals surface area contributed by atoms with Gasteiger partial charge in [0.15, 0.2) is 0 Å². The van der Waals surface area contributed by atoms with Gasteiger partial charge in [-0.15, -0.1) is 0 Å². The number of rotatable bonds is 4. The molecule has 0 bridgehead atoms. The van der Waals surface area contributed by atoms with Gasteiger partial charge < -0.3 is 5.43 Å². The Bertz CT molecular complexity index is 369. The lowest BCUT2D eigenvalue weighted by atomic mass is 10.0. The van der Waals surface area contributed by atoms with Crippen LogP contribution in [0.2, 0.25) is 0 Å². The predicted octanol–water partition coefficient (Wildman–Crippen LogP) is 2.12. The molecule has 0 saturated carbocycles. The maximum absolute atomic E-state index is 5.47. The van der Waals surface area contributed by atoms with Gasteiger partial charge in [-0.3, -0.25) is 4.99 Å². The lowest BCUT2D eigenvalue weighted by Crippen LogP contribution is -2.32. The van der Waals surface area contributed by atoms with Gasteiger partial charge in [0, 0.05) is 13.0 Å². The standard InChI is InChI=1S/C13H21N3/c1-4-7-15-13(16-14)9-12-8-10(2)5-6-11(12)3/h5-6,8H,4,7,9,14H2,1-3H3,(H,15,16). The largest absolute Gasteiger partial charge is 0.312 e. The molecular formula is C13H21N3. The van der Waals surface area contributed by atoms with Gasteiger partial charge in [0.05, 0.1) is 0 Å². The van der Waals surface area contributed by atoms with E-state index in [1.54, 1.807) is 0 Å². The Kier molecular flexibility index (Phi) is 4.99. The van der Waals surface area contributed by atoms with Crippen molar-refractivity contribution in [2.24, 2.45) is 10.8 Å². The molecule has 0 fully saturated rings. The van der Waals surface area contributed by atoms with Crippen molar-refractivity contribution in [2.75, 3.05) is 6.54 Å². The summed E-state index contributed by atoms with van der Waals surface area (Å²) in [7, 11) is 0. The van der Waals surface area contributed by atoms with Crippen molar-refractivity contribution in [2.45, 2.75) is 33.6 Å². The highest BCUT2D eigenvalue weighted by Gasteiger charge is 2.03. The van der Waals surface area contributed by atoms with Gasteiger partial charge >= 0.3 is 0 Å². The molecule has 3 N–H and O–H groups in total. The van der Waals surface area contributed by atoms with Crippen LogP contribution in [0.15, 0.2) is 23.2 Å². The van der Waals surface area contributed by atoms with Crippen molar-refractivity contribution in [1.29, 1.82) is 0 Å². The van der Waals surface area contributed by atoms with Crippen LogP contribution in [0.1, 0.15) is 30.0 Å². The molecule has 0 amide bonds. The summed E-state index contributed by atoms with van der Waals surface area (Å²) in [4.78, 5) is 4.41. The van der Waals surface area contributed by atoms with Crippen LogP contribution < -0.4 is 11.3 Å². The maximum Gasteiger partial charge on any atom is 0.115 e. The molecule has 0 aromatic heterocycles. The van der Waals surface area contributed by atoms with Gasteiger partial charge in [-0.1, -0.05) is 30.7 Å². The SMILES string of the molecule is CCCN=C(Cc1cc(C)ccc1C)NN. The number of hydrogen-bond donors (Lipinski definition) is 2. The summed E-state index contributed by atoms with van der Waals surface area (Å²) in [5.74, 6) is 6.33. The third-order valence-corrected chi connectivity index (χ3v) is 2.56. The molecule has 0 aliphatic heterocycles. The average molecular weight is 219 g/mol. The minimum absolute atomic E-state index is 0.782. The van der Waals surface area contributed by atoms with Crippen LogP contribution in [0.25, 0.3) is 0 Å². The molecule has 0 saturated heterocycles. The van der Waals surface area contributed by atoms with Gasteiger partial charge in [-0.05, 0) is 31.4 Å². The Morgan fingerprint density at radius 1 is 1.38 bits per heavy atom. The molecule has 0 unspecified atom stereocenters. The molecular weight excluding hydrogens is 198 g/mol. The molecule has 1 rings (SSSR count). The van der Waals surface area contributed by atoms with Crippen LogP contribution in [0.5, 0.6) is 0 Å². The Morgan fingerprint density at radius 3 is 2.75 bits per heavy atom. The van der Waals surface area contributed by atoms with E-state index in [0.717, 1.165) is 25.2 Å². The maximum atomic E-state index is 5.47. The summed E-state index contributed by atoms with van der Waals surface area (Å²) < 4.78 is 0. The molecule has 16 heavy (non-hydrogen) atoms. The second-order valence-electron chi connectivity index (χ2n) is 4.08. The number of nitrogens with two attached hydrogens (primary N) is 1. The minimum Gasteiger partial charge on any atom is -0.312 e. The van der Waals surface area contributed by atoms with Gasteiger partial charge in [0.2, 0.25) is 0 Å². The first-order chi connectivity index (χ1) is 7.67. The van der Waals surface area contributed by atoms with Gasteiger partial charge in [-0.25, -0.2) is 5.84 Å². The monoisotopic (exact) mass is 219 g/mol. The lowest BCUT2D eigenvalue weighted by Gasteiger charge is -2.09. The number of aryl methyl sites for hydroxylation is 2. The van der Waals surface area contributed by atoms with E-state index in [2.05, 4.69) is 49.4 Å².